The van der Waals surface area contributed by atoms with Crippen molar-refractivity contribution in [1.82, 2.24) is 9.55 Å². The summed E-state index contributed by atoms with van der Waals surface area (Å²) in [5.74, 6) is 1.01. The molecule has 0 radical (unpaired) electrons. The Bertz CT molecular complexity index is 778. The maximum Gasteiger partial charge on any atom is 0.140 e. The fraction of sp³-hybridized carbons (Fsp3) is 0.250. The lowest BCUT2D eigenvalue weighted by molar-refractivity contribution is 0.590. The highest BCUT2D eigenvalue weighted by atomic mass is 79.9. The molecule has 0 aliphatic rings. The van der Waals surface area contributed by atoms with Gasteiger partial charge in [-0.1, -0.05) is 73.1 Å². The number of hydrogen-bond acceptors (Lipinski definition) is 1. The molecule has 0 fully saturated rings. The summed E-state index contributed by atoms with van der Waals surface area (Å²) in [7, 11) is 0. The summed E-state index contributed by atoms with van der Waals surface area (Å²) in [6.07, 6.45) is 3.90. The Kier molecular flexibility index (Phi) is 4.40. The van der Waals surface area contributed by atoms with Crippen LogP contribution in [0.15, 0.2) is 65.4 Å². The number of imidazole rings is 1. The van der Waals surface area contributed by atoms with E-state index in [9.17, 15) is 0 Å². The van der Waals surface area contributed by atoms with Crippen LogP contribution in [0.25, 0.3) is 11.4 Å². The molecule has 3 aromatic rings. The van der Waals surface area contributed by atoms with E-state index in [1.165, 1.54) is 11.1 Å². The number of aromatic nitrogens is 2. The minimum Gasteiger partial charge on any atom is -0.327 e. The molecule has 0 N–H and O–H groups in total. The van der Waals surface area contributed by atoms with E-state index in [2.05, 4.69) is 94.8 Å². The summed E-state index contributed by atoms with van der Waals surface area (Å²) in [4.78, 5) is 4.55. The van der Waals surface area contributed by atoms with Gasteiger partial charge in [-0.15, -0.1) is 0 Å². The zero-order chi connectivity index (χ0) is 16.4. The lowest BCUT2D eigenvalue weighted by Crippen LogP contribution is -2.10. The Labute approximate surface area is 146 Å². The Hall–Kier alpha value is -1.87. The molecule has 0 spiro atoms. The summed E-state index contributed by atoms with van der Waals surface area (Å²) in [5, 5.41) is 0. The minimum absolute atomic E-state index is 0.172. The molecule has 2 nitrogen and oxygen atoms in total. The van der Waals surface area contributed by atoms with Crippen LogP contribution in [0.3, 0.4) is 0 Å². The first kappa shape index (κ1) is 16.0. The first-order chi connectivity index (χ1) is 10.9. The van der Waals surface area contributed by atoms with E-state index < -0.39 is 0 Å². The Morgan fingerprint density at radius 2 is 1.61 bits per heavy atom. The lowest BCUT2D eigenvalue weighted by Gasteiger charge is -2.19. The molecule has 0 unspecified atom stereocenters. The molecule has 2 aromatic carbocycles. The molecule has 0 saturated heterocycles. The Balaban J connectivity index is 1.87. The predicted molar refractivity (Wildman–Crippen MR) is 99.6 cm³/mol. The number of rotatable bonds is 3. The average Bonchev–Trinajstić information content (AvgIpc) is 2.97. The summed E-state index contributed by atoms with van der Waals surface area (Å²) in [6, 6.07) is 17.2. The normalized spacial score (nSPS) is 11.7. The molecule has 3 rings (SSSR count). The quantitative estimate of drug-likeness (QED) is 0.583. The van der Waals surface area contributed by atoms with Crippen molar-refractivity contribution in [3.05, 3.63) is 76.5 Å². The van der Waals surface area contributed by atoms with Gasteiger partial charge in [-0.25, -0.2) is 4.98 Å². The van der Waals surface area contributed by atoms with Gasteiger partial charge in [0.1, 0.15) is 5.82 Å². The van der Waals surface area contributed by atoms with E-state index in [0.29, 0.717) is 0 Å². The second kappa shape index (κ2) is 6.32. The van der Waals surface area contributed by atoms with Gasteiger partial charge in [-0.05, 0) is 28.7 Å². The van der Waals surface area contributed by atoms with Crippen molar-refractivity contribution in [2.45, 2.75) is 32.7 Å². The zero-order valence-corrected chi connectivity index (χ0v) is 15.3. The highest BCUT2D eigenvalue weighted by Crippen LogP contribution is 2.26. The van der Waals surface area contributed by atoms with Crippen LogP contribution in [0.1, 0.15) is 31.9 Å². The van der Waals surface area contributed by atoms with Crippen molar-refractivity contribution in [2.75, 3.05) is 0 Å². The predicted octanol–water partition coefficient (Wildman–Crippen LogP) is 5.66. The van der Waals surface area contributed by atoms with Gasteiger partial charge >= 0.3 is 0 Å². The molecule has 1 aromatic heterocycles. The monoisotopic (exact) mass is 368 g/mol. The Morgan fingerprint density at radius 3 is 2.22 bits per heavy atom. The molecule has 0 saturated carbocycles. The van der Waals surface area contributed by atoms with Crippen LogP contribution < -0.4 is 0 Å². The van der Waals surface area contributed by atoms with Crippen LogP contribution >= 0.6 is 15.9 Å². The largest absolute Gasteiger partial charge is 0.327 e. The SMILES string of the molecule is CC(C)(C)c1ccc(-c2nccn2Cc2ccc(Br)cc2)cc1. The van der Waals surface area contributed by atoms with Crippen molar-refractivity contribution >= 4 is 15.9 Å². The number of benzene rings is 2. The lowest BCUT2D eigenvalue weighted by atomic mass is 9.87. The maximum absolute atomic E-state index is 4.55. The molecule has 0 bridgehead atoms. The van der Waals surface area contributed by atoms with Gasteiger partial charge < -0.3 is 4.57 Å². The number of hydrogen-bond donors (Lipinski definition) is 0. The molecule has 1 heterocycles. The van der Waals surface area contributed by atoms with Crippen LogP contribution in [0.2, 0.25) is 0 Å². The molecule has 118 valence electrons. The second-order valence-electron chi connectivity index (χ2n) is 6.83. The van der Waals surface area contributed by atoms with E-state index >= 15 is 0 Å². The third-order valence-corrected chi connectivity index (χ3v) is 4.52. The van der Waals surface area contributed by atoms with E-state index in [1.807, 2.05) is 12.4 Å². The maximum atomic E-state index is 4.55. The molecular weight excluding hydrogens is 348 g/mol. The van der Waals surface area contributed by atoms with Gasteiger partial charge in [0.05, 0.1) is 0 Å². The molecule has 0 aliphatic heterocycles. The average molecular weight is 369 g/mol. The highest BCUT2D eigenvalue weighted by Gasteiger charge is 2.14. The smallest absolute Gasteiger partial charge is 0.140 e. The van der Waals surface area contributed by atoms with Gasteiger partial charge in [0.2, 0.25) is 0 Å². The first-order valence-corrected chi connectivity index (χ1v) is 8.59. The third-order valence-electron chi connectivity index (χ3n) is 3.99. The van der Waals surface area contributed by atoms with Crippen LogP contribution in [0, 0.1) is 0 Å². The number of nitrogens with zero attached hydrogens (tertiary/aromatic N) is 2. The zero-order valence-electron chi connectivity index (χ0n) is 13.8. The van der Waals surface area contributed by atoms with Gasteiger partial charge in [-0.3, -0.25) is 0 Å². The van der Waals surface area contributed by atoms with Gasteiger partial charge in [0.15, 0.2) is 0 Å². The van der Waals surface area contributed by atoms with Crippen molar-refractivity contribution in [3.63, 3.8) is 0 Å². The molecule has 0 atom stereocenters. The fourth-order valence-corrected chi connectivity index (χ4v) is 2.87. The van der Waals surface area contributed by atoms with E-state index in [4.69, 9.17) is 0 Å². The van der Waals surface area contributed by atoms with Gasteiger partial charge in [0, 0.05) is 29.0 Å². The topological polar surface area (TPSA) is 17.8 Å². The first-order valence-electron chi connectivity index (χ1n) is 7.80. The van der Waals surface area contributed by atoms with Crippen LogP contribution in [-0.4, -0.2) is 9.55 Å². The van der Waals surface area contributed by atoms with Crippen LogP contribution in [0.5, 0.6) is 0 Å². The molecule has 3 heteroatoms. The summed E-state index contributed by atoms with van der Waals surface area (Å²) >= 11 is 3.48. The number of halogens is 1. The van der Waals surface area contributed by atoms with E-state index in [0.717, 1.165) is 22.4 Å². The van der Waals surface area contributed by atoms with Gasteiger partial charge in [-0.2, -0.15) is 0 Å². The Morgan fingerprint density at radius 1 is 0.957 bits per heavy atom. The summed E-state index contributed by atoms with van der Waals surface area (Å²) in [5.41, 5.74) is 3.93. The van der Waals surface area contributed by atoms with Crippen LogP contribution in [0.4, 0.5) is 0 Å². The summed E-state index contributed by atoms with van der Waals surface area (Å²) in [6.45, 7) is 7.52. The highest BCUT2D eigenvalue weighted by molar-refractivity contribution is 9.10. The molecule has 0 amide bonds. The minimum atomic E-state index is 0.172. The third kappa shape index (κ3) is 3.73. The van der Waals surface area contributed by atoms with Crippen molar-refractivity contribution in [1.29, 1.82) is 0 Å². The second-order valence-corrected chi connectivity index (χ2v) is 7.75. The fourth-order valence-electron chi connectivity index (χ4n) is 2.60. The van der Waals surface area contributed by atoms with Crippen molar-refractivity contribution < 1.29 is 0 Å². The van der Waals surface area contributed by atoms with Crippen molar-refractivity contribution in [2.24, 2.45) is 0 Å². The molecule has 0 aliphatic carbocycles. The van der Waals surface area contributed by atoms with E-state index in [-0.39, 0.29) is 5.41 Å². The van der Waals surface area contributed by atoms with Crippen LogP contribution in [-0.2, 0) is 12.0 Å². The van der Waals surface area contributed by atoms with Crippen molar-refractivity contribution in [3.8, 4) is 11.4 Å². The molecule has 23 heavy (non-hydrogen) atoms. The summed E-state index contributed by atoms with van der Waals surface area (Å²) < 4.78 is 3.29. The molecular formula is C20H21BrN2. The van der Waals surface area contributed by atoms with E-state index in [1.54, 1.807) is 0 Å². The van der Waals surface area contributed by atoms with Gasteiger partial charge in [0.25, 0.3) is 0 Å². The standard InChI is InChI=1S/C20H21BrN2/c1-20(2,3)17-8-6-16(7-9-17)19-22-12-13-23(19)14-15-4-10-18(21)11-5-15/h4-13H,14H2,1-3H3.